The zero-order chi connectivity index (χ0) is 13.1. The van der Waals surface area contributed by atoms with Crippen LogP contribution in [0.3, 0.4) is 0 Å². The van der Waals surface area contributed by atoms with Crippen LogP contribution < -0.4 is 4.90 Å². The summed E-state index contributed by atoms with van der Waals surface area (Å²) >= 11 is 0. The lowest BCUT2D eigenvalue weighted by molar-refractivity contribution is 0.199. The highest BCUT2D eigenvalue weighted by Gasteiger charge is 2.23. The Labute approximate surface area is 108 Å². The molecule has 0 saturated carbocycles. The van der Waals surface area contributed by atoms with E-state index in [2.05, 4.69) is 11.8 Å². The van der Waals surface area contributed by atoms with Gasteiger partial charge in [0.05, 0.1) is 11.8 Å². The first-order valence-corrected chi connectivity index (χ1v) is 6.85. The third-order valence-corrected chi connectivity index (χ3v) is 3.98. The quantitative estimate of drug-likeness (QED) is 0.888. The molecule has 0 radical (unpaired) electrons. The smallest absolute Gasteiger partial charge is 0.146 e. The summed E-state index contributed by atoms with van der Waals surface area (Å²) in [6, 6.07) is 4.96. The molecule has 0 aromatic heterocycles. The van der Waals surface area contributed by atoms with E-state index in [1.165, 1.54) is 12.5 Å². The van der Waals surface area contributed by atoms with Gasteiger partial charge < -0.3 is 10.0 Å². The summed E-state index contributed by atoms with van der Waals surface area (Å²) in [5, 5.41) is 9.76. The number of rotatable bonds is 3. The van der Waals surface area contributed by atoms with E-state index in [1.807, 2.05) is 6.07 Å². The average Bonchev–Trinajstić information content (AvgIpc) is 2.38. The second-order valence-corrected chi connectivity index (χ2v) is 5.19. The summed E-state index contributed by atoms with van der Waals surface area (Å²) in [5.74, 6) is 0.548. The van der Waals surface area contributed by atoms with Crippen LogP contribution in [0.5, 0.6) is 0 Å². The van der Waals surface area contributed by atoms with Crippen molar-refractivity contribution in [2.75, 3.05) is 18.0 Å². The lowest BCUT2D eigenvalue weighted by atomic mass is 9.93. The number of nitrogens with zero attached hydrogens (tertiary/aromatic N) is 1. The van der Waals surface area contributed by atoms with E-state index < -0.39 is 6.10 Å². The molecule has 1 N–H and O–H groups in total. The van der Waals surface area contributed by atoms with Crippen molar-refractivity contribution in [1.29, 1.82) is 0 Å². The minimum Gasteiger partial charge on any atom is -0.389 e. The molecule has 1 heterocycles. The van der Waals surface area contributed by atoms with Gasteiger partial charge in [0.15, 0.2) is 0 Å². The zero-order valence-corrected chi connectivity index (χ0v) is 11.2. The second-order valence-electron chi connectivity index (χ2n) is 5.19. The van der Waals surface area contributed by atoms with Crippen molar-refractivity contribution in [3.8, 4) is 0 Å². The van der Waals surface area contributed by atoms with Gasteiger partial charge in [-0.1, -0.05) is 25.5 Å². The molecule has 1 aromatic rings. The Kier molecular flexibility index (Phi) is 4.23. The van der Waals surface area contributed by atoms with Crippen LogP contribution in [0.4, 0.5) is 10.1 Å². The van der Waals surface area contributed by atoms with Crippen LogP contribution in [-0.2, 0) is 0 Å². The van der Waals surface area contributed by atoms with Crippen LogP contribution in [0.15, 0.2) is 18.2 Å². The standard InChI is InChI=1S/C15H22FNO/c1-3-12-7-9-17(10-8-12)15-13(11(2)18)5-4-6-14(15)16/h4-6,11-12,18H,3,7-10H2,1-2H3/t11-/m1/s1. The van der Waals surface area contributed by atoms with Crippen LogP contribution in [-0.4, -0.2) is 18.2 Å². The van der Waals surface area contributed by atoms with Crippen molar-refractivity contribution < 1.29 is 9.50 Å². The normalized spacial score (nSPS) is 19.0. The summed E-state index contributed by atoms with van der Waals surface area (Å²) < 4.78 is 14.0. The lowest BCUT2D eigenvalue weighted by Gasteiger charge is -2.35. The van der Waals surface area contributed by atoms with Gasteiger partial charge in [-0.2, -0.15) is 0 Å². The van der Waals surface area contributed by atoms with Gasteiger partial charge in [0.2, 0.25) is 0 Å². The Hall–Kier alpha value is -1.09. The minimum atomic E-state index is -0.625. The van der Waals surface area contributed by atoms with E-state index in [1.54, 1.807) is 13.0 Å². The van der Waals surface area contributed by atoms with Gasteiger partial charge in [-0.3, -0.25) is 0 Å². The van der Waals surface area contributed by atoms with Gasteiger partial charge in [-0.25, -0.2) is 4.39 Å². The molecule has 3 heteroatoms. The summed E-state index contributed by atoms with van der Waals surface area (Å²) in [6.45, 7) is 5.68. The summed E-state index contributed by atoms with van der Waals surface area (Å²) in [6.07, 6.45) is 2.81. The Bertz CT molecular complexity index is 397. The molecule has 18 heavy (non-hydrogen) atoms. The molecule has 1 saturated heterocycles. The third-order valence-electron chi connectivity index (χ3n) is 3.98. The van der Waals surface area contributed by atoms with Crippen molar-refractivity contribution in [2.24, 2.45) is 5.92 Å². The zero-order valence-electron chi connectivity index (χ0n) is 11.2. The molecule has 0 bridgehead atoms. The van der Waals surface area contributed by atoms with Gasteiger partial charge in [-0.05, 0) is 31.7 Å². The summed E-state index contributed by atoms with van der Waals surface area (Å²) in [5.41, 5.74) is 1.30. The number of halogens is 1. The number of para-hydroxylation sites is 1. The van der Waals surface area contributed by atoms with Crippen LogP contribution >= 0.6 is 0 Å². The number of anilines is 1. The molecule has 1 aliphatic heterocycles. The van der Waals surface area contributed by atoms with E-state index in [0.29, 0.717) is 11.3 Å². The van der Waals surface area contributed by atoms with Crippen molar-refractivity contribution >= 4 is 5.69 Å². The SMILES string of the molecule is CCC1CCN(c2c(F)cccc2[C@@H](C)O)CC1. The largest absolute Gasteiger partial charge is 0.389 e. The van der Waals surface area contributed by atoms with Crippen molar-refractivity contribution in [1.82, 2.24) is 0 Å². The summed E-state index contributed by atoms with van der Waals surface area (Å²) in [4.78, 5) is 2.09. The second kappa shape index (κ2) is 5.70. The molecular formula is C15H22FNO. The molecular weight excluding hydrogens is 229 g/mol. The Morgan fingerprint density at radius 3 is 2.61 bits per heavy atom. The Morgan fingerprint density at radius 1 is 1.39 bits per heavy atom. The van der Waals surface area contributed by atoms with E-state index in [-0.39, 0.29) is 5.82 Å². The maximum atomic E-state index is 14.0. The first-order valence-electron chi connectivity index (χ1n) is 6.85. The van der Waals surface area contributed by atoms with Gasteiger partial charge in [-0.15, -0.1) is 0 Å². The number of hydrogen-bond donors (Lipinski definition) is 1. The molecule has 1 aromatic carbocycles. The molecule has 1 aliphatic rings. The fraction of sp³-hybridized carbons (Fsp3) is 0.600. The van der Waals surface area contributed by atoms with Crippen LogP contribution in [0.1, 0.15) is 44.8 Å². The Morgan fingerprint density at radius 2 is 2.06 bits per heavy atom. The Balaban J connectivity index is 2.23. The van der Waals surface area contributed by atoms with Crippen molar-refractivity contribution in [3.05, 3.63) is 29.6 Å². The van der Waals surface area contributed by atoms with Crippen molar-refractivity contribution in [3.63, 3.8) is 0 Å². The molecule has 0 aliphatic carbocycles. The first-order chi connectivity index (χ1) is 8.63. The molecule has 2 rings (SSSR count). The number of piperidine rings is 1. The van der Waals surface area contributed by atoms with E-state index in [4.69, 9.17) is 0 Å². The van der Waals surface area contributed by atoms with Crippen LogP contribution in [0.2, 0.25) is 0 Å². The van der Waals surface area contributed by atoms with Gasteiger partial charge in [0.1, 0.15) is 5.82 Å². The molecule has 1 fully saturated rings. The monoisotopic (exact) mass is 251 g/mol. The highest BCUT2D eigenvalue weighted by Crippen LogP contribution is 2.32. The lowest BCUT2D eigenvalue weighted by Crippen LogP contribution is -2.34. The first kappa shape index (κ1) is 13.3. The van der Waals surface area contributed by atoms with E-state index in [0.717, 1.165) is 31.8 Å². The van der Waals surface area contributed by atoms with Gasteiger partial charge >= 0.3 is 0 Å². The van der Waals surface area contributed by atoms with Crippen LogP contribution in [0.25, 0.3) is 0 Å². The molecule has 0 unspecified atom stereocenters. The number of aliphatic hydroxyl groups is 1. The molecule has 0 amide bonds. The summed E-state index contributed by atoms with van der Waals surface area (Å²) in [7, 11) is 0. The predicted octanol–water partition coefficient (Wildman–Crippen LogP) is 3.51. The number of benzene rings is 1. The molecule has 1 atom stereocenters. The maximum absolute atomic E-state index is 14.0. The van der Waals surface area contributed by atoms with E-state index >= 15 is 0 Å². The topological polar surface area (TPSA) is 23.5 Å². The highest BCUT2D eigenvalue weighted by atomic mass is 19.1. The molecule has 0 spiro atoms. The average molecular weight is 251 g/mol. The van der Waals surface area contributed by atoms with E-state index in [9.17, 15) is 9.50 Å². The fourth-order valence-corrected chi connectivity index (χ4v) is 2.77. The highest BCUT2D eigenvalue weighted by molar-refractivity contribution is 5.56. The minimum absolute atomic E-state index is 0.219. The van der Waals surface area contributed by atoms with Gasteiger partial charge in [0.25, 0.3) is 0 Å². The predicted molar refractivity (Wildman–Crippen MR) is 72.3 cm³/mol. The molecule has 100 valence electrons. The van der Waals surface area contributed by atoms with Crippen LogP contribution in [0, 0.1) is 11.7 Å². The van der Waals surface area contributed by atoms with Crippen molar-refractivity contribution in [2.45, 2.75) is 39.2 Å². The maximum Gasteiger partial charge on any atom is 0.146 e. The number of aliphatic hydroxyl groups excluding tert-OH is 1. The fourth-order valence-electron chi connectivity index (χ4n) is 2.77. The molecule has 2 nitrogen and oxygen atoms in total. The third kappa shape index (κ3) is 2.66. The number of hydrogen-bond acceptors (Lipinski definition) is 2. The van der Waals surface area contributed by atoms with Gasteiger partial charge in [0, 0.05) is 18.7 Å².